The molecule has 1 amide bonds. The van der Waals surface area contributed by atoms with E-state index in [0.717, 1.165) is 25.3 Å². The summed E-state index contributed by atoms with van der Waals surface area (Å²) in [5.41, 5.74) is 1.18. The van der Waals surface area contributed by atoms with E-state index < -0.39 is 12.1 Å². The number of carbonyl (C=O) groups excluding carboxylic acids is 2. The topological polar surface area (TPSA) is 129 Å². The molecule has 0 spiro atoms. The van der Waals surface area contributed by atoms with Crippen molar-refractivity contribution in [2.24, 2.45) is 5.16 Å². The predicted molar refractivity (Wildman–Crippen MR) is 142 cm³/mol. The molecule has 3 rings (SSSR count). The first kappa shape index (κ1) is 29.9. The summed E-state index contributed by atoms with van der Waals surface area (Å²) >= 11 is 0. The molecule has 0 bridgehead atoms. The first-order valence-corrected chi connectivity index (χ1v) is 13.1. The summed E-state index contributed by atoms with van der Waals surface area (Å²) in [6.07, 6.45) is 10.2. The van der Waals surface area contributed by atoms with Gasteiger partial charge in [-0.15, -0.1) is 0 Å². The van der Waals surface area contributed by atoms with Crippen molar-refractivity contribution in [3.05, 3.63) is 47.1 Å². The molecule has 1 fully saturated rings. The second-order valence-corrected chi connectivity index (χ2v) is 8.63. The number of esters is 1. The molecule has 0 radical (unpaired) electrons. The number of oxime groups is 1. The lowest BCUT2D eigenvalue weighted by Gasteiger charge is -2.26. The zero-order valence-corrected chi connectivity index (χ0v) is 22.1. The molecule has 9 heteroatoms. The molecule has 2 aliphatic heterocycles. The highest BCUT2D eigenvalue weighted by atomic mass is 16.6. The number of benzene rings is 1. The second-order valence-electron chi connectivity index (χ2n) is 8.63. The van der Waals surface area contributed by atoms with Crippen LogP contribution in [0.1, 0.15) is 74.4 Å². The van der Waals surface area contributed by atoms with Crippen LogP contribution in [0.25, 0.3) is 0 Å². The van der Waals surface area contributed by atoms with Gasteiger partial charge < -0.3 is 29.8 Å². The van der Waals surface area contributed by atoms with Crippen LogP contribution in [0.15, 0.2) is 35.5 Å². The Morgan fingerprint density at radius 3 is 2.59 bits per heavy atom. The van der Waals surface area contributed by atoms with E-state index >= 15 is 0 Å². The molecule has 1 unspecified atom stereocenters. The lowest BCUT2D eigenvalue weighted by atomic mass is 9.92. The lowest BCUT2D eigenvalue weighted by Crippen LogP contribution is -2.37. The van der Waals surface area contributed by atoms with Gasteiger partial charge in [-0.25, -0.2) is 4.79 Å². The summed E-state index contributed by atoms with van der Waals surface area (Å²) < 4.78 is 5.33. The Morgan fingerprint density at radius 1 is 1.16 bits per heavy atom. The molecule has 37 heavy (non-hydrogen) atoms. The molecule has 2 aliphatic rings. The van der Waals surface area contributed by atoms with Gasteiger partial charge in [0.05, 0.1) is 18.4 Å². The van der Waals surface area contributed by atoms with Gasteiger partial charge in [0.25, 0.3) is 5.91 Å². The molecular weight excluding hydrogens is 476 g/mol. The number of aliphatic hydroxyl groups excluding tert-OH is 1. The normalized spacial score (nSPS) is 21.5. The molecule has 204 valence electrons. The van der Waals surface area contributed by atoms with Crippen molar-refractivity contribution in [1.29, 1.82) is 0 Å². The van der Waals surface area contributed by atoms with Crippen LogP contribution >= 0.6 is 0 Å². The van der Waals surface area contributed by atoms with Gasteiger partial charge in [0, 0.05) is 25.6 Å². The minimum Gasteiger partial charge on any atom is -0.508 e. The highest BCUT2D eigenvalue weighted by Crippen LogP contribution is 2.34. The van der Waals surface area contributed by atoms with Crippen LogP contribution in [0, 0.1) is 0 Å². The zero-order valence-electron chi connectivity index (χ0n) is 22.1. The number of amides is 1. The number of rotatable bonds is 4. The van der Waals surface area contributed by atoms with Gasteiger partial charge in [-0.05, 0) is 55.7 Å². The molecule has 0 saturated carbocycles. The Morgan fingerprint density at radius 2 is 1.89 bits per heavy atom. The minimum absolute atomic E-state index is 0.0359. The fourth-order valence-electron chi connectivity index (χ4n) is 4.24. The van der Waals surface area contributed by atoms with Crippen molar-refractivity contribution >= 4 is 17.6 Å². The molecule has 1 aromatic carbocycles. The van der Waals surface area contributed by atoms with Gasteiger partial charge in [0.2, 0.25) is 0 Å². The summed E-state index contributed by atoms with van der Waals surface area (Å²) in [6.45, 7) is 7.09. The van der Waals surface area contributed by atoms with E-state index in [1.54, 1.807) is 29.2 Å². The predicted octanol–water partition coefficient (Wildman–Crippen LogP) is 4.04. The van der Waals surface area contributed by atoms with Crippen LogP contribution in [0.4, 0.5) is 0 Å². The quantitative estimate of drug-likeness (QED) is 0.313. The maximum absolute atomic E-state index is 12.8. The number of fused-ring (bicyclic) bond motifs is 1. The van der Waals surface area contributed by atoms with Gasteiger partial charge in [-0.3, -0.25) is 4.79 Å². The molecule has 3 N–H and O–H groups in total. The summed E-state index contributed by atoms with van der Waals surface area (Å²) in [6, 6.07) is 1.14. The van der Waals surface area contributed by atoms with Gasteiger partial charge >= 0.3 is 5.97 Å². The van der Waals surface area contributed by atoms with E-state index in [1.807, 2.05) is 20.8 Å². The smallest absolute Gasteiger partial charge is 0.342 e. The number of piperidine rings is 1. The third-order valence-electron chi connectivity index (χ3n) is 6.06. The zero-order chi connectivity index (χ0) is 27.2. The van der Waals surface area contributed by atoms with E-state index in [1.165, 1.54) is 0 Å². The lowest BCUT2D eigenvalue weighted by molar-refractivity contribution is -0.137. The molecule has 2 heterocycles. The number of hydrogen-bond donors (Lipinski definition) is 3. The molecule has 1 saturated heterocycles. The standard InChI is InChI=1S/C26H34N2O7.C2H6/c1-2-20-21-15-18(27-35-17-24(32)28-12-5-3-6-13-28)9-8-11-19(29)10-4-7-14-34-26(33)25(21)23(31)16-22(20)30;1-2/h4,8-10,16,19,29-31H,2-3,5-7,11-15,17H2,1H3;1-2H3/b9-8+,10-4+,27-18-;. The number of phenolic OH excluding ortho intramolecular Hbond substituents is 2. The van der Waals surface area contributed by atoms with E-state index in [0.29, 0.717) is 49.2 Å². The third kappa shape index (κ3) is 8.93. The third-order valence-corrected chi connectivity index (χ3v) is 6.06. The number of ether oxygens (including phenoxy) is 1. The Balaban J connectivity index is 0.00000235. The SMILES string of the molecule is CC.CCc1c(O)cc(O)c2c1CC(=N\OCC(=O)N1CCCCC1)/C=C/CC(O)/C=C/CCOC2=O. The largest absolute Gasteiger partial charge is 0.508 e. The highest BCUT2D eigenvalue weighted by molar-refractivity contribution is 6.01. The van der Waals surface area contributed by atoms with Crippen LogP contribution in [-0.4, -0.2) is 70.2 Å². The first-order chi connectivity index (χ1) is 17.9. The monoisotopic (exact) mass is 516 g/mol. The molecule has 0 aliphatic carbocycles. The van der Waals surface area contributed by atoms with Crippen molar-refractivity contribution in [1.82, 2.24) is 4.90 Å². The average molecular weight is 517 g/mol. The fraction of sp³-hybridized carbons (Fsp3) is 0.536. The number of aromatic hydroxyl groups is 2. The van der Waals surface area contributed by atoms with E-state index in [9.17, 15) is 24.9 Å². The van der Waals surface area contributed by atoms with Crippen LogP contribution in [0.5, 0.6) is 11.5 Å². The molecule has 0 aromatic heterocycles. The summed E-state index contributed by atoms with van der Waals surface area (Å²) in [4.78, 5) is 32.4. The Hall–Kier alpha value is -3.33. The highest BCUT2D eigenvalue weighted by Gasteiger charge is 2.24. The minimum atomic E-state index is -0.723. The van der Waals surface area contributed by atoms with Gasteiger partial charge in [0.1, 0.15) is 17.1 Å². The van der Waals surface area contributed by atoms with Crippen molar-refractivity contribution in [2.45, 2.75) is 71.8 Å². The number of phenols is 2. The maximum Gasteiger partial charge on any atom is 0.342 e. The summed E-state index contributed by atoms with van der Waals surface area (Å²) in [5.74, 6) is -1.39. The fourth-order valence-corrected chi connectivity index (χ4v) is 4.24. The second kappa shape index (κ2) is 15.7. The van der Waals surface area contributed by atoms with E-state index in [4.69, 9.17) is 9.57 Å². The Bertz CT molecular complexity index is 995. The van der Waals surface area contributed by atoms with E-state index in [-0.39, 0.29) is 42.6 Å². The Labute approximate surface area is 219 Å². The van der Waals surface area contributed by atoms with Crippen molar-refractivity contribution in [2.75, 3.05) is 26.3 Å². The molecule has 1 atom stereocenters. The summed E-state index contributed by atoms with van der Waals surface area (Å²) in [5, 5.41) is 35.2. The van der Waals surface area contributed by atoms with Gasteiger partial charge in [-0.1, -0.05) is 44.2 Å². The van der Waals surface area contributed by atoms with E-state index in [2.05, 4.69) is 5.16 Å². The number of likely N-dealkylation sites (tertiary alicyclic amines) is 1. The number of nitrogens with zero attached hydrogens (tertiary/aromatic N) is 2. The Kier molecular flexibility index (Phi) is 12.7. The summed E-state index contributed by atoms with van der Waals surface area (Å²) in [7, 11) is 0. The number of hydrogen-bond acceptors (Lipinski definition) is 8. The van der Waals surface area contributed by atoms with Gasteiger partial charge in [-0.2, -0.15) is 0 Å². The van der Waals surface area contributed by atoms with Crippen molar-refractivity contribution < 1.29 is 34.5 Å². The van der Waals surface area contributed by atoms with Crippen molar-refractivity contribution in [3.8, 4) is 11.5 Å². The molecule has 9 nitrogen and oxygen atoms in total. The van der Waals surface area contributed by atoms with Crippen LogP contribution in [-0.2, 0) is 27.2 Å². The molecular formula is C28H40N2O7. The average Bonchev–Trinajstić information content (AvgIpc) is 2.89. The van der Waals surface area contributed by atoms with Crippen LogP contribution in [0.3, 0.4) is 0 Å². The maximum atomic E-state index is 12.8. The number of allylic oxidation sites excluding steroid dienone is 1. The van der Waals surface area contributed by atoms with Gasteiger partial charge in [0.15, 0.2) is 6.61 Å². The number of carbonyl (C=O) groups is 2. The number of aliphatic hydroxyl groups is 1. The first-order valence-electron chi connectivity index (χ1n) is 13.1. The number of cyclic esters (lactones) is 1. The van der Waals surface area contributed by atoms with Crippen molar-refractivity contribution in [3.63, 3.8) is 0 Å². The van der Waals surface area contributed by atoms with Crippen LogP contribution in [0.2, 0.25) is 0 Å². The van der Waals surface area contributed by atoms with Crippen LogP contribution < -0.4 is 0 Å². The molecule has 1 aromatic rings.